The highest BCUT2D eigenvalue weighted by atomic mass is 16.5. The second-order valence-corrected chi connectivity index (χ2v) is 5.89. The standard InChI is InChI=1S/C15H22N4O/c1-15(2,3)13-14(16)17-18-19(13)10-9-11-5-7-12(20-4)8-6-11/h5-8H,9-10,16H2,1-4H3. The molecule has 1 aromatic heterocycles. The molecule has 0 amide bonds. The van der Waals surface area contributed by atoms with E-state index in [2.05, 4.69) is 43.2 Å². The van der Waals surface area contributed by atoms with E-state index in [0.717, 1.165) is 24.4 Å². The van der Waals surface area contributed by atoms with Crippen LogP contribution in [0.15, 0.2) is 24.3 Å². The van der Waals surface area contributed by atoms with E-state index in [1.165, 1.54) is 5.56 Å². The molecule has 0 atom stereocenters. The third-order valence-corrected chi connectivity index (χ3v) is 3.24. The average Bonchev–Trinajstić information content (AvgIpc) is 2.78. The van der Waals surface area contributed by atoms with Crippen LogP contribution < -0.4 is 10.5 Å². The number of ether oxygens (including phenoxy) is 1. The van der Waals surface area contributed by atoms with Crippen LogP contribution in [0.25, 0.3) is 0 Å². The summed E-state index contributed by atoms with van der Waals surface area (Å²) in [6.07, 6.45) is 0.885. The molecular formula is C15H22N4O. The van der Waals surface area contributed by atoms with Gasteiger partial charge in [-0.05, 0) is 24.1 Å². The Morgan fingerprint density at radius 2 is 1.85 bits per heavy atom. The summed E-state index contributed by atoms with van der Waals surface area (Å²) in [6.45, 7) is 7.12. The number of aryl methyl sites for hydroxylation is 2. The lowest BCUT2D eigenvalue weighted by molar-refractivity contribution is 0.414. The number of nitrogens with two attached hydrogens (primary N) is 1. The van der Waals surface area contributed by atoms with Gasteiger partial charge in [0.2, 0.25) is 0 Å². The largest absolute Gasteiger partial charge is 0.497 e. The predicted octanol–water partition coefficient (Wildman–Crippen LogP) is 2.41. The van der Waals surface area contributed by atoms with E-state index in [0.29, 0.717) is 5.82 Å². The molecule has 0 radical (unpaired) electrons. The molecular weight excluding hydrogens is 252 g/mol. The fourth-order valence-electron chi connectivity index (χ4n) is 2.28. The molecule has 0 bridgehead atoms. The molecule has 0 saturated heterocycles. The van der Waals surface area contributed by atoms with Gasteiger partial charge >= 0.3 is 0 Å². The van der Waals surface area contributed by atoms with E-state index >= 15 is 0 Å². The summed E-state index contributed by atoms with van der Waals surface area (Å²) in [5, 5.41) is 8.14. The first-order valence-electron chi connectivity index (χ1n) is 6.74. The van der Waals surface area contributed by atoms with E-state index in [1.807, 2.05) is 16.8 Å². The molecule has 1 aromatic carbocycles. The molecule has 5 nitrogen and oxygen atoms in total. The molecule has 0 unspecified atom stereocenters. The summed E-state index contributed by atoms with van der Waals surface area (Å²) in [6, 6.07) is 8.07. The van der Waals surface area contributed by atoms with Crippen LogP contribution in [0.3, 0.4) is 0 Å². The van der Waals surface area contributed by atoms with Gasteiger partial charge in [-0.25, -0.2) is 4.68 Å². The molecule has 0 spiro atoms. The highest BCUT2D eigenvalue weighted by Gasteiger charge is 2.23. The van der Waals surface area contributed by atoms with Crippen molar-refractivity contribution < 1.29 is 4.74 Å². The van der Waals surface area contributed by atoms with E-state index < -0.39 is 0 Å². The molecule has 2 N–H and O–H groups in total. The molecule has 0 aliphatic carbocycles. The third-order valence-electron chi connectivity index (χ3n) is 3.24. The Bertz CT molecular complexity index is 567. The molecule has 0 saturated carbocycles. The van der Waals surface area contributed by atoms with Crippen LogP contribution in [0.2, 0.25) is 0 Å². The lowest BCUT2D eigenvalue weighted by atomic mass is 9.92. The van der Waals surface area contributed by atoms with E-state index in [9.17, 15) is 0 Å². The van der Waals surface area contributed by atoms with Gasteiger partial charge in [-0.15, -0.1) is 5.10 Å². The van der Waals surface area contributed by atoms with Gasteiger partial charge in [0.25, 0.3) is 0 Å². The van der Waals surface area contributed by atoms with Crippen molar-refractivity contribution in [1.82, 2.24) is 15.0 Å². The molecule has 5 heteroatoms. The Morgan fingerprint density at radius 1 is 1.20 bits per heavy atom. The minimum atomic E-state index is -0.0620. The Balaban J connectivity index is 2.11. The molecule has 108 valence electrons. The molecule has 2 rings (SSSR count). The summed E-state index contributed by atoms with van der Waals surface area (Å²) in [5.41, 5.74) is 8.09. The fraction of sp³-hybridized carbons (Fsp3) is 0.467. The second-order valence-electron chi connectivity index (χ2n) is 5.89. The van der Waals surface area contributed by atoms with E-state index in [1.54, 1.807) is 7.11 Å². The SMILES string of the molecule is COc1ccc(CCn2nnc(N)c2C(C)(C)C)cc1. The normalized spacial score (nSPS) is 11.6. The summed E-state index contributed by atoms with van der Waals surface area (Å²) in [4.78, 5) is 0. The monoisotopic (exact) mass is 274 g/mol. The summed E-state index contributed by atoms with van der Waals surface area (Å²) < 4.78 is 7.06. The van der Waals surface area contributed by atoms with Crippen molar-refractivity contribution in [2.24, 2.45) is 0 Å². The maximum absolute atomic E-state index is 5.92. The van der Waals surface area contributed by atoms with Gasteiger partial charge in [0, 0.05) is 12.0 Å². The zero-order valence-electron chi connectivity index (χ0n) is 12.6. The van der Waals surface area contributed by atoms with Crippen molar-refractivity contribution in [1.29, 1.82) is 0 Å². The Hall–Kier alpha value is -2.04. The van der Waals surface area contributed by atoms with Crippen LogP contribution >= 0.6 is 0 Å². The van der Waals surface area contributed by atoms with Gasteiger partial charge < -0.3 is 10.5 Å². The number of nitrogen functional groups attached to an aromatic ring is 1. The Morgan fingerprint density at radius 3 is 2.40 bits per heavy atom. The highest BCUT2D eigenvalue weighted by molar-refractivity contribution is 5.38. The van der Waals surface area contributed by atoms with Gasteiger partial charge in [-0.1, -0.05) is 38.1 Å². The Kier molecular flexibility index (Phi) is 3.97. The first-order valence-corrected chi connectivity index (χ1v) is 6.74. The van der Waals surface area contributed by atoms with Crippen molar-refractivity contribution in [3.05, 3.63) is 35.5 Å². The van der Waals surface area contributed by atoms with Crippen molar-refractivity contribution in [2.75, 3.05) is 12.8 Å². The van der Waals surface area contributed by atoms with E-state index in [-0.39, 0.29) is 5.41 Å². The number of nitrogens with zero attached hydrogens (tertiary/aromatic N) is 3. The van der Waals surface area contributed by atoms with Crippen LogP contribution in [-0.4, -0.2) is 22.1 Å². The fourth-order valence-corrected chi connectivity index (χ4v) is 2.28. The van der Waals surface area contributed by atoms with Crippen LogP contribution in [-0.2, 0) is 18.4 Å². The van der Waals surface area contributed by atoms with Crippen LogP contribution in [0.1, 0.15) is 32.0 Å². The number of rotatable bonds is 4. The zero-order valence-corrected chi connectivity index (χ0v) is 12.6. The lowest BCUT2D eigenvalue weighted by Crippen LogP contribution is -2.20. The van der Waals surface area contributed by atoms with Crippen LogP contribution in [0.5, 0.6) is 5.75 Å². The topological polar surface area (TPSA) is 66.0 Å². The number of methoxy groups -OCH3 is 1. The Labute approximate surface area is 119 Å². The smallest absolute Gasteiger partial charge is 0.169 e. The van der Waals surface area contributed by atoms with Gasteiger partial charge in [0.1, 0.15) is 5.75 Å². The van der Waals surface area contributed by atoms with Crippen LogP contribution in [0.4, 0.5) is 5.82 Å². The molecule has 2 aromatic rings. The van der Waals surface area contributed by atoms with Gasteiger partial charge in [0.15, 0.2) is 5.82 Å². The average molecular weight is 274 g/mol. The molecule has 0 aliphatic rings. The summed E-state index contributed by atoms with van der Waals surface area (Å²) in [5.74, 6) is 1.39. The van der Waals surface area contributed by atoms with Crippen molar-refractivity contribution in [3.8, 4) is 5.75 Å². The maximum Gasteiger partial charge on any atom is 0.169 e. The molecule has 0 fully saturated rings. The summed E-state index contributed by atoms with van der Waals surface area (Å²) in [7, 11) is 1.67. The van der Waals surface area contributed by atoms with Gasteiger partial charge in [-0.3, -0.25) is 0 Å². The molecule has 0 aliphatic heterocycles. The first kappa shape index (κ1) is 14.4. The second kappa shape index (κ2) is 5.53. The van der Waals surface area contributed by atoms with Crippen LogP contribution in [0, 0.1) is 0 Å². The highest BCUT2D eigenvalue weighted by Crippen LogP contribution is 2.26. The number of hydrogen-bond donors (Lipinski definition) is 1. The molecule has 20 heavy (non-hydrogen) atoms. The van der Waals surface area contributed by atoms with E-state index in [4.69, 9.17) is 10.5 Å². The van der Waals surface area contributed by atoms with Crippen molar-refractivity contribution >= 4 is 5.82 Å². The zero-order chi connectivity index (χ0) is 14.8. The molecule has 1 heterocycles. The van der Waals surface area contributed by atoms with Crippen molar-refractivity contribution in [2.45, 2.75) is 39.2 Å². The predicted molar refractivity (Wildman–Crippen MR) is 79.8 cm³/mol. The van der Waals surface area contributed by atoms with Gasteiger partial charge in [0.05, 0.1) is 12.8 Å². The number of benzene rings is 1. The number of hydrogen-bond acceptors (Lipinski definition) is 4. The summed E-state index contributed by atoms with van der Waals surface area (Å²) >= 11 is 0. The van der Waals surface area contributed by atoms with Gasteiger partial charge in [-0.2, -0.15) is 0 Å². The van der Waals surface area contributed by atoms with Crippen molar-refractivity contribution in [3.63, 3.8) is 0 Å². The maximum atomic E-state index is 5.92. The first-order chi connectivity index (χ1) is 9.41. The lowest BCUT2D eigenvalue weighted by Gasteiger charge is -2.20. The minimum Gasteiger partial charge on any atom is -0.497 e. The quantitative estimate of drug-likeness (QED) is 0.929. The third kappa shape index (κ3) is 3.10. The minimum absolute atomic E-state index is 0.0620. The number of aromatic nitrogens is 3. The number of anilines is 1.